The predicted octanol–water partition coefficient (Wildman–Crippen LogP) is 6.19. The SMILES string of the molecule is Cc1ccc(-n2nc(C(=O)N/N=C\c3cccc([N+](=O)[O-])c3)cc2-c2ccc(-c3ccccc3)cc2)cc1. The van der Waals surface area contributed by atoms with Gasteiger partial charge in [-0.15, -0.1) is 0 Å². The van der Waals surface area contributed by atoms with Crippen LogP contribution in [0.5, 0.6) is 0 Å². The molecule has 0 aliphatic heterocycles. The monoisotopic (exact) mass is 501 g/mol. The number of aryl methyl sites for hydroxylation is 1. The molecule has 8 heteroatoms. The van der Waals surface area contributed by atoms with Gasteiger partial charge in [0, 0.05) is 23.3 Å². The lowest BCUT2D eigenvalue weighted by atomic mass is 10.0. The fourth-order valence-corrected chi connectivity index (χ4v) is 3.99. The number of nitrogens with one attached hydrogen (secondary N) is 1. The Morgan fingerprint density at radius 2 is 1.55 bits per heavy atom. The summed E-state index contributed by atoms with van der Waals surface area (Å²) in [6, 6.07) is 33.8. The number of rotatable bonds is 7. The van der Waals surface area contributed by atoms with Gasteiger partial charge in [-0.3, -0.25) is 14.9 Å². The maximum atomic E-state index is 12.9. The van der Waals surface area contributed by atoms with E-state index in [2.05, 4.69) is 27.8 Å². The van der Waals surface area contributed by atoms with Gasteiger partial charge < -0.3 is 0 Å². The Balaban J connectivity index is 1.44. The zero-order valence-corrected chi connectivity index (χ0v) is 20.5. The molecule has 0 fully saturated rings. The quantitative estimate of drug-likeness (QED) is 0.163. The summed E-state index contributed by atoms with van der Waals surface area (Å²) in [4.78, 5) is 23.4. The second-order valence-corrected chi connectivity index (χ2v) is 8.66. The molecule has 0 radical (unpaired) electrons. The number of amides is 1. The summed E-state index contributed by atoms with van der Waals surface area (Å²) in [6.07, 6.45) is 1.35. The van der Waals surface area contributed by atoms with Crippen molar-refractivity contribution in [1.29, 1.82) is 0 Å². The topological polar surface area (TPSA) is 102 Å². The van der Waals surface area contributed by atoms with Gasteiger partial charge in [0.15, 0.2) is 5.69 Å². The summed E-state index contributed by atoms with van der Waals surface area (Å²) in [6.45, 7) is 2.01. The van der Waals surface area contributed by atoms with Crippen molar-refractivity contribution in [2.24, 2.45) is 5.10 Å². The fourth-order valence-electron chi connectivity index (χ4n) is 3.99. The second-order valence-electron chi connectivity index (χ2n) is 8.66. The summed E-state index contributed by atoms with van der Waals surface area (Å²) in [5.41, 5.74) is 8.87. The van der Waals surface area contributed by atoms with Gasteiger partial charge in [0.1, 0.15) is 0 Å². The van der Waals surface area contributed by atoms with Gasteiger partial charge in [-0.05, 0) is 36.2 Å². The van der Waals surface area contributed by atoms with Gasteiger partial charge in [0.05, 0.1) is 22.5 Å². The molecule has 0 atom stereocenters. The molecule has 0 bridgehead atoms. The van der Waals surface area contributed by atoms with E-state index >= 15 is 0 Å². The number of hydrazone groups is 1. The number of nitro benzene ring substituents is 1. The molecule has 0 saturated carbocycles. The Morgan fingerprint density at radius 3 is 2.26 bits per heavy atom. The van der Waals surface area contributed by atoms with E-state index in [1.165, 1.54) is 18.3 Å². The van der Waals surface area contributed by atoms with Crippen LogP contribution in [0.15, 0.2) is 114 Å². The second kappa shape index (κ2) is 10.7. The van der Waals surface area contributed by atoms with Crippen molar-refractivity contribution in [3.8, 4) is 28.1 Å². The van der Waals surface area contributed by atoms with Crippen LogP contribution in [-0.4, -0.2) is 26.8 Å². The first-order chi connectivity index (χ1) is 18.5. The maximum Gasteiger partial charge on any atom is 0.291 e. The van der Waals surface area contributed by atoms with E-state index in [4.69, 9.17) is 0 Å². The number of aromatic nitrogens is 2. The Labute approximate surface area is 219 Å². The van der Waals surface area contributed by atoms with Gasteiger partial charge >= 0.3 is 0 Å². The van der Waals surface area contributed by atoms with Crippen LogP contribution < -0.4 is 5.43 Å². The van der Waals surface area contributed by atoms with Crippen LogP contribution >= 0.6 is 0 Å². The van der Waals surface area contributed by atoms with Crippen molar-refractivity contribution in [3.63, 3.8) is 0 Å². The number of carbonyl (C=O) groups excluding carboxylic acids is 1. The highest BCUT2D eigenvalue weighted by atomic mass is 16.6. The van der Waals surface area contributed by atoms with Crippen LogP contribution in [0.3, 0.4) is 0 Å². The molecule has 1 amide bonds. The standard InChI is InChI=1S/C30H23N5O3/c1-21-10-16-26(17-11-21)34-29(25-14-12-24(13-15-25)23-7-3-2-4-8-23)19-28(33-34)30(36)32-31-20-22-6-5-9-27(18-22)35(37)38/h2-20H,1H3,(H,32,36)/b31-20-. The number of non-ortho nitro benzene ring substituents is 1. The summed E-state index contributed by atoms with van der Waals surface area (Å²) >= 11 is 0. The molecule has 4 aromatic carbocycles. The number of benzene rings is 4. The van der Waals surface area contributed by atoms with Crippen LogP contribution in [0, 0.1) is 17.0 Å². The zero-order chi connectivity index (χ0) is 26.5. The third kappa shape index (κ3) is 5.39. The van der Waals surface area contributed by atoms with E-state index in [1.54, 1.807) is 22.9 Å². The van der Waals surface area contributed by atoms with Crippen molar-refractivity contribution < 1.29 is 9.72 Å². The minimum atomic E-state index is -0.500. The molecule has 0 aliphatic rings. The smallest absolute Gasteiger partial charge is 0.265 e. The van der Waals surface area contributed by atoms with Crippen molar-refractivity contribution in [2.45, 2.75) is 6.92 Å². The Morgan fingerprint density at radius 1 is 0.868 bits per heavy atom. The van der Waals surface area contributed by atoms with Gasteiger partial charge in [0.25, 0.3) is 11.6 Å². The molecule has 38 heavy (non-hydrogen) atoms. The first kappa shape index (κ1) is 24.3. The largest absolute Gasteiger partial charge is 0.291 e. The van der Waals surface area contributed by atoms with E-state index in [9.17, 15) is 14.9 Å². The summed E-state index contributed by atoms with van der Waals surface area (Å²) < 4.78 is 1.73. The third-order valence-electron chi connectivity index (χ3n) is 5.97. The summed E-state index contributed by atoms with van der Waals surface area (Å²) in [5.74, 6) is -0.500. The minimum absolute atomic E-state index is 0.0555. The van der Waals surface area contributed by atoms with Crippen LogP contribution in [0.4, 0.5) is 5.69 Å². The average Bonchev–Trinajstić information content (AvgIpc) is 3.40. The summed E-state index contributed by atoms with van der Waals surface area (Å²) in [7, 11) is 0. The van der Waals surface area contributed by atoms with E-state index in [0.717, 1.165) is 33.6 Å². The molecule has 8 nitrogen and oxygen atoms in total. The van der Waals surface area contributed by atoms with Crippen LogP contribution in [0.25, 0.3) is 28.1 Å². The molecule has 186 valence electrons. The van der Waals surface area contributed by atoms with Crippen molar-refractivity contribution in [1.82, 2.24) is 15.2 Å². The normalized spacial score (nSPS) is 11.0. The van der Waals surface area contributed by atoms with Crippen LogP contribution in [0.2, 0.25) is 0 Å². The highest BCUT2D eigenvalue weighted by Crippen LogP contribution is 2.27. The molecule has 0 spiro atoms. The predicted molar refractivity (Wildman–Crippen MR) is 147 cm³/mol. The number of hydrogen-bond acceptors (Lipinski definition) is 5. The lowest BCUT2D eigenvalue weighted by Crippen LogP contribution is -2.18. The number of hydrogen-bond donors (Lipinski definition) is 1. The Hall–Kier alpha value is -5.37. The molecule has 1 heterocycles. The van der Waals surface area contributed by atoms with E-state index < -0.39 is 10.8 Å². The molecule has 0 unspecified atom stereocenters. The van der Waals surface area contributed by atoms with Gasteiger partial charge in [0.2, 0.25) is 0 Å². The highest BCUT2D eigenvalue weighted by molar-refractivity contribution is 5.94. The molecule has 1 N–H and O–H groups in total. The lowest BCUT2D eigenvalue weighted by Gasteiger charge is -2.09. The van der Waals surface area contributed by atoms with Gasteiger partial charge in [-0.25, -0.2) is 10.1 Å². The van der Waals surface area contributed by atoms with Gasteiger partial charge in [-0.1, -0.05) is 84.4 Å². The number of carbonyl (C=O) groups is 1. The Bertz CT molecular complexity index is 1620. The van der Waals surface area contributed by atoms with Crippen LogP contribution in [0.1, 0.15) is 21.6 Å². The average molecular weight is 502 g/mol. The van der Waals surface area contributed by atoms with Gasteiger partial charge in [-0.2, -0.15) is 10.2 Å². The lowest BCUT2D eigenvalue weighted by molar-refractivity contribution is -0.384. The molecule has 5 aromatic rings. The molecular formula is C30H23N5O3. The van der Waals surface area contributed by atoms with E-state index in [0.29, 0.717) is 5.56 Å². The minimum Gasteiger partial charge on any atom is -0.265 e. The molecular weight excluding hydrogens is 478 g/mol. The van der Waals surface area contributed by atoms with Crippen LogP contribution in [-0.2, 0) is 0 Å². The van der Waals surface area contributed by atoms with Crippen molar-refractivity contribution in [3.05, 3.63) is 136 Å². The zero-order valence-electron chi connectivity index (χ0n) is 20.5. The van der Waals surface area contributed by atoms with Crippen molar-refractivity contribution in [2.75, 3.05) is 0 Å². The number of nitrogens with zero attached hydrogens (tertiary/aromatic N) is 4. The van der Waals surface area contributed by atoms with E-state index in [-0.39, 0.29) is 11.4 Å². The molecule has 0 aliphatic carbocycles. The first-order valence-electron chi connectivity index (χ1n) is 11.9. The summed E-state index contributed by atoms with van der Waals surface area (Å²) in [5, 5.41) is 19.5. The molecule has 1 aromatic heterocycles. The highest BCUT2D eigenvalue weighted by Gasteiger charge is 2.17. The molecule has 5 rings (SSSR count). The fraction of sp³-hybridized carbons (Fsp3) is 0.0333. The third-order valence-corrected chi connectivity index (χ3v) is 5.97. The first-order valence-corrected chi connectivity index (χ1v) is 11.9. The van der Waals surface area contributed by atoms with E-state index in [1.807, 2.05) is 73.7 Å². The van der Waals surface area contributed by atoms with Crippen molar-refractivity contribution >= 4 is 17.8 Å². The molecule has 0 saturated heterocycles. The maximum absolute atomic E-state index is 12.9. The Kier molecular flexibility index (Phi) is 6.86. The number of nitro groups is 1.